The van der Waals surface area contributed by atoms with Crippen LogP contribution in [0.3, 0.4) is 0 Å². The van der Waals surface area contributed by atoms with E-state index in [9.17, 15) is 0 Å². The lowest BCUT2D eigenvalue weighted by Gasteiger charge is -2.13. The minimum absolute atomic E-state index is 0.717. The molecular formula is C11H15Al. The molecule has 0 aliphatic rings. The van der Waals surface area contributed by atoms with Crippen molar-refractivity contribution in [2.75, 3.05) is 0 Å². The largest absolute Gasteiger partial charge is 0.119 e. The van der Waals surface area contributed by atoms with E-state index in [0.717, 1.165) is 5.92 Å². The van der Waals surface area contributed by atoms with Gasteiger partial charge in [-0.2, -0.15) is 0 Å². The molecule has 0 nitrogen and oxygen atoms in total. The molecule has 0 aliphatic carbocycles. The van der Waals surface area contributed by atoms with Crippen molar-refractivity contribution in [1.82, 2.24) is 0 Å². The van der Waals surface area contributed by atoms with Crippen molar-refractivity contribution in [2.24, 2.45) is 0 Å². The number of hydrogen-bond acceptors (Lipinski definition) is 0. The first-order valence-corrected chi connectivity index (χ1v) is 5.36. The van der Waals surface area contributed by atoms with Gasteiger partial charge in [0.05, 0.1) is 0 Å². The summed E-state index contributed by atoms with van der Waals surface area (Å²) in [5.74, 6) is 0.717. The van der Waals surface area contributed by atoms with E-state index in [0.29, 0.717) is 0 Å². The van der Waals surface area contributed by atoms with Crippen LogP contribution in [0.15, 0.2) is 24.3 Å². The summed E-state index contributed by atoms with van der Waals surface area (Å²) in [5, 5.41) is 1.17. The Hall–Kier alpha value is -0.248. The highest BCUT2D eigenvalue weighted by Gasteiger charge is 2.04. The molecule has 0 bridgehead atoms. The summed E-state index contributed by atoms with van der Waals surface area (Å²) >= 11 is 2.83. The highest BCUT2D eigenvalue weighted by atomic mass is 27.0. The highest BCUT2D eigenvalue weighted by molar-refractivity contribution is 6.09. The van der Waals surface area contributed by atoms with Crippen molar-refractivity contribution in [3.63, 3.8) is 0 Å². The lowest BCUT2D eigenvalue weighted by atomic mass is 9.97. The monoisotopic (exact) mass is 174 g/mol. The van der Waals surface area contributed by atoms with Gasteiger partial charge in [-0.25, -0.2) is 0 Å². The third-order valence-electron chi connectivity index (χ3n) is 2.29. The van der Waals surface area contributed by atoms with E-state index in [2.05, 4.69) is 54.4 Å². The predicted octanol–water partition coefficient (Wildman–Crippen LogP) is 3.08. The molecule has 1 aromatic rings. The van der Waals surface area contributed by atoms with Gasteiger partial charge in [-0.05, 0) is 18.4 Å². The van der Waals surface area contributed by atoms with Gasteiger partial charge >= 0.3 is 0 Å². The van der Waals surface area contributed by atoms with Crippen LogP contribution < -0.4 is 0 Å². The minimum Gasteiger partial charge on any atom is -0.111 e. The van der Waals surface area contributed by atoms with Crippen LogP contribution in [0.2, 0.25) is 5.28 Å². The molecule has 1 aromatic carbocycles. The molecule has 0 saturated heterocycles. The van der Waals surface area contributed by atoms with Gasteiger partial charge in [0.2, 0.25) is 0 Å². The Balaban J connectivity index is 2.85. The lowest BCUT2D eigenvalue weighted by Crippen LogP contribution is -1.96. The maximum absolute atomic E-state index is 2.83. The normalized spacial score (nSPS) is 12.8. The van der Waals surface area contributed by atoms with Gasteiger partial charge in [-0.1, -0.05) is 43.2 Å². The number of hydrogen-bond donors (Lipinski definition) is 0. The third-order valence-corrected chi connectivity index (χ3v) is 2.86. The summed E-state index contributed by atoms with van der Waals surface area (Å²) < 4.78 is 0. The van der Waals surface area contributed by atoms with E-state index in [-0.39, 0.29) is 0 Å². The molecule has 1 unspecified atom stereocenters. The molecule has 62 valence electrons. The SMILES string of the molecule is CCC([CH2][Al])c1cccc(C)c1. The van der Waals surface area contributed by atoms with Crippen molar-refractivity contribution in [1.29, 1.82) is 0 Å². The molecule has 0 N–H and O–H groups in total. The topological polar surface area (TPSA) is 0 Å². The van der Waals surface area contributed by atoms with Crippen molar-refractivity contribution in [2.45, 2.75) is 31.5 Å². The zero-order valence-corrected chi connectivity index (χ0v) is 9.03. The van der Waals surface area contributed by atoms with Gasteiger partial charge in [-0.15, -0.1) is 5.28 Å². The molecule has 12 heavy (non-hydrogen) atoms. The Bertz CT molecular complexity index is 239. The molecule has 0 aliphatic heterocycles. The van der Waals surface area contributed by atoms with E-state index in [1.807, 2.05) is 0 Å². The average Bonchev–Trinajstić information content (AvgIpc) is 2.07. The fraction of sp³-hybridized carbons (Fsp3) is 0.455. The Morgan fingerprint density at radius 3 is 2.67 bits per heavy atom. The van der Waals surface area contributed by atoms with Crippen LogP contribution in [0.4, 0.5) is 0 Å². The predicted molar refractivity (Wildman–Crippen MR) is 54.8 cm³/mol. The van der Waals surface area contributed by atoms with Crippen LogP contribution in [-0.2, 0) is 0 Å². The Morgan fingerprint density at radius 2 is 2.17 bits per heavy atom. The quantitative estimate of drug-likeness (QED) is 0.618. The lowest BCUT2D eigenvalue weighted by molar-refractivity contribution is 0.732. The van der Waals surface area contributed by atoms with Gasteiger partial charge in [-0.3, -0.25) is 0 Å². The fourth-order valence-electron chi connectivity index (χ4n) is 1.46. The van der Waals surface area contributed by atoms with Crippen molar-refractivity contribution < 1.29 is 0 Å². The maximum atomic E-state index is 2.83. The highest BCUT2D eigenvalue weighted by Crippen LogP contribution is 2.22. The second-order valence-electron chi connectivity index (χ2n) is 3.26. The molecule has 0 saturated carbocycles. The van der Waals surface area contributed by atoms with Crippen LogP contribution in [-0.4, -0.2) is 16.3 Å². The van der Waals surface area contributed by atoms with Gasteiger partial charge in [0, 0.05) is 0 Å². The molecule has 1 rings (SSSR count). The number of rotatable bonds is 3. The second kappa shape index (κ2) is 4.70. The van der Waals surface area contributed by atoms with Crippen LogP contribution >= 0.6 is 0 Å². The van der Waals surface area contributed by atoms with E-state index in [1.54, 1.807) is 0 Å². The zero-order valence-electron chi connectivity index (χ0n) is 7.88. The summed E-state index contributed by atoms with van der Waals surface area (Å²) in [4.78, 5) is 0. The van der Waals surface area contributed by atoms with E-state index in [1.165, 1.54) is 22.8 Å². The minimum atomic E-state index is 0.717. The van der Waals surface area contributed by atoms with Gasteiger partial charge in [0.15, 0.2) is 0 Å². The van der Waals surface area contributed by atoms with Crippen molar-refractivity contribution in [3.8, 4) is 0 Å². The first-order valence-electron chi connectivity index (χ1n) is 4.54. The van der Waals surface area contributed by atoms with Crippen LogP contribution in [0.5, 0.6) is 0 Å². The summed E-state index contributed by atoms with van der Waals surface area (Å²) in [6.45, 7) is 4.40. The maximum Gasteiger partial charge on any atom is 0.119 e. The van der Waals surface area contributed by atoms with Crippen molar-refractivity contribution >= 4 is 16.3 Å². The standard InChI is InChI=1S/C11H15.Al/c1-4-10(3)11-7-5-6-9(2)8-11;/h5-8,10H,3-4H2,1-2H3;. The van der Waals surface area contributed by atoms with E-state index < -0.39 is 0 Å². The molecule has 0 spiro atoms. The first-order chi connectivity index (χ1) is 5.77. The Labute approximate surface area is 83.4 Å². The van der Waals surface area contributed by atoms with Crippen molar-refractivity contribution in [3.05, 3.63) is 35.4 Å². The number of benzene rings is 1. The molecule has 2 radical (unpaired) electrons. The molecule has 0 fully saturated rings. The third kappa shape index (κ3) is 2.37. The average molecular weight is 174 g/mol. The van der Waals surface area contributed by atoms with Crippen LogP contribution in [0.1, 0.15) is 30.4 Å². The van der Waals surface area contributed by atoms with Gasteiger partial charge in [0.25, 0.3) is 0 Å². The van der Waals surface area contributed by atoms with Crippen LogP contribution in [0, 0.1) is 6.92 Å². The molecule has 1 heteroatoms. The molecule has 0 amide bonds. The first kappa shape index (κ1) is 9.84. The van der Waals surface area contributed by atoms with Crippen LogP contribution in [0.25, 0.3) is 0 Å². The van der Waals surface area contributed by atoms with Gasteiger partial charge < -0.3 is 0 Å². The summed E-state index contributed by atoms with van der Waals surface area (Å²) in [7, 11) is 0. The smallest absolute Gasteiger partial charge is 0.111 e. The fourth-order valence-corrected chi connectivity index (χ4v) is 2.07. The molecule has 1 atom stereocenters. The Morgan fingerprint density at radius 1 is 1.42 bits per heavy atom. The molecule has 0 heterocycles. The zero-order chi connectivity index (χ0) is 8.97. The van der Waals surface area contributed by atoms with E-state index >= 15 is 0 Å². The van der Waals surface area contributed by atoms with Gasteiger partial charge in [0.1, 0.15) is 16.3 Å². The van der Waals surface area contributed by atoms with E-state index in [4.69, 9.17) is 0 Å². The second-order valence-corrected chi connectivity index (χ2v) is 3.73. The Kier molecular flexibility index (Phi) is 3.85. The molecular weight excluding hydrogens is 159 g/mol. The summed E-state index contributed by atoms with van der Waals surface area (Å²) in [6.07, 6.45) is 1.23. The summed E-state index contributed by atoms with van der Waals surface area (Å²) in [6, 6.07) is 8.82. The number of aryl methyl sites for hydroxylation is 1. The summed E-state index contributed by atoms with van der Waals surface area (Å²) in [5.41, 5.74) is 2.84. The molecule has 0 aromatic heterocycles.